The molecule has 2 rings (SSSR count). The number of benzene rings is 1. The summed E-state index contributed by atoms with van der Waals surface area (Å²) in [5.74, 6) is 0.904. The van der Waals surface area contributed by atoms with Crippen LogP contribution in [0.15, 0.2) is 22.7 Å². The van der Waals surface area contributed by atoms with Gasteiger partial charge in [-0.2, -0.15) is 0 Å². The number of hydrogen-bond donors (Lipinski definition) is 1. The molecule has 0 radical (unpaired) electrons. The Labute approximate surface area is 130 Å². The summed E-state index contributed by atoms with van der Waals surface area (Å²) in [5.41, 5.74) is 7.46. The molecular weight excluding hydrogens is 349 g/mol. The minimum atomic E-state index is 0.407. The molecule has 100 valence electrons. The largest absolute Gasteiger partial charge is 0.383 e. The van der Waals surface area contributed by atoms with Crippen LogP contribution in [0.4, 0.5) is 5.82 Å². The van der Waals surface area contributed by atoms with Crippen LogP contribution in [0.2, 0.25) is 10.0 Å². The third kappa shape index (κ3) is 3.19. The van der Waals surface area contributed by atoms with Crippen molar-refractivity contribution in [1.29, 1.82) is 0 Å². The van der Waals surface area contributed by atoms with E-state index in [4.69, 9.17) is 28.9 Å². The highest BCUT2D eigenvalue weighted by Crippen LogP contribution is 2.31. The monoisotopic (exact) mass is 359 g/mol. The molecule has 0 aliphatic heterocycles. The Morgan fingerprint density at radius 3 is 2.68 bits per heavy atom. The average molecular weight is 361 g/mol. The van der Waals surface area contributed by atoms with Crippen molar-refractivity contribution in [3.8, 4) is 11.4 Å². The van der Waals surface area contributed by atoms with E-state index in [-0.39, 0.29) is 0 Å². The van der Waals surface area contributed by atoms with Crippen LogP contribution >= 0.6 is 39.1 Å². The summed E-state index contributed by atoms with van der Waals surface area (Å²) in [6.45, 7) is 2.08. The molecule has 2 N–H and O–H groups in total. The van der Waals surface area contributed by atoms with Gasteiger partial charge in [-0.05, 0) is 40.5 Å². The van der Waals surface area contributed by atoms with Gasteiger partial charge in [0.15, 0.2) is 5.82 Å². The first-order valence-electron chi connectivity index (χ1n) is 5.80. The standard InChI is InChI=1S/C13H12BrCl2N3/c1-2-3-10-11(14)12(17)19-13(18-10)8-6-7(15)4-5-9(8)16/h4-6H,2-3H2,1H3,(H2,17,18,19). The third-order valence-corrected chi connectivity index (χ3v) is 4.03. The number of nitrogens with two attached hydrogens (primary N) is 1. The number of rotatable bonds is 3. The van der Waals surface area contributed by atoms with E-state index in [9.17, 15) is 0 Å². The van der Waals surface area contributed by atoms with E-state index < -0.39 is 0 Å². The fourth-order valence-corrected chi connectivity index (χ4v) is 2.45. The lowest BCUT2D eigenvalue weighted by Crippen LogP contribution is -2.03. The second kappa shape index (κ2) is 6.07. The summed E-state index contributed by atoms with van der Waals surface area (Å²) in [7, 11) is 0. The van der Waals surface area contributed by atoms with E-state index in [0.29, 0.717) is 27.3 Å². The molecule has 0 amide bonds. The summed E-state index contributed by atoms with van der Waals surface area (Å²) < 4.78 is 0.747. The first-order chi connectivity index (χ1) is 9.02. The first-order valence-corrected chi connectivity index (χ1v) is 7.35. The molecule has 2 aromatic rings. The van der Waals surface area contributed by atoms with Gasteiger partial charge in [0.05, 0.1) is 15.2 Å². The minimum absolute atomic E-state index is 0.407. The normalized spacial score (nSPS) is 10.7. The highest BCUT2D eigenvalue weighted by Gasteiger charge is 2.13. The van der Waals surface area contributed by atoms with Gasteiger partial charge in [0.25, 0.3) is 0 Å². The van der Waals surface area contributed by atoms with Gasteiger partial charge in [0.2, 0.25) is 0 Å². The second-order valence-electron chi connectivity index (χ2n) is 4.07. The molecule has 19 heavy (non-hydrogen) atoms. The summed E-state index contributed by atoms with van der Waals surface area (Å²) in [6.07, 6.45) is 1.79. The lowest BCUT2D eigenvalue weighted by atomic mass is 10.2. The summed E-state index contributed by atoms with van der Waals surface area (Å²) in [5, 5.41) is 1.13. The number of nitrogen functional groups attached to an aromatic ring is 1. The van der Waals surface area contributed by atoms with Gasteiger partial charge >= 0.3 is 0 Å². The van der Waals surface area contributed by atoms with E-state index >= 15 is 0 Å². The molecule has 1 aromatic heterocycles. The van der Waals surface area contributed by atoms with Crippen molar-refractivity contribution >= 4 is 44.9 Å². The van der Waals surface area contributed by atoms with E-state index in [0.717, 1.165) is 23.0 Å². The smallest absolute Gasteiger partial charge is 0.163 e. The highest BCUT2D eigenvalue weighted by atomic mass is 79.9. The molecule has 0 bridgehead atoms. The van der Waals surface area contributed by atoms with E-state index in [1.807, 2.05) is 0 Å². The molecule has 0 saturated heterocycles. The van der Waals surface area contributed by atoms with Gasteiger partial charge in [0.1, 0.15) is 5.82 Å². The third-order valence-electron chi connectivity index (χ3n) is 2.60. The van der Waals surface area contributed by atoms with E-state index in [2.05, 4.69) is 32.8 Å². The topological polar surface area (TPSA) is 51.8 Å². The fraction of sp³-hybridized carbons (Fsp3) is 0.231. The molecule has 0 atom stereocenters. The quantitative estimate of drug-likeness (QED) is 0.859. The molecule has 0 fully saturated rings. The number of aromatic nitrogens is 2. The predicted molar refractivity (Wildman–Crippen MR) is 83.6 cm³/mol. The van der Waals surface area contributed by atoms with Crippen LogP contribution in [-0.2, 0) is 6.42 Å². The van der Waals surface area contributed by atoms with Crippen molar-refractivity contribution in [2.75, 3.05) is 5.73 Å². The molecule has 0 unspecified atom stereocenters. The lowest BCUT2D eigenvalue weighted by molar-refractivity contribution is 0.870. The molecule has 0 aliphatic carbocycles. The molecule has 6 heteroatoms. The van der Waals surface area contributed by atoms with Crippen LogP contribution in [0.5, 0.6) is 0 Å². The second-order valence-corrected chi connectivity index (χ2v) is 5.70. The number of halogens is 3. The van der Waals surface area contributed by atoms with Gasteiger partial charge in [0, 0.05) is 10.6 Å². The Hall–Kier alpha value is -0.840. The Balaban J connectivity index is 2.59. The van der Waals surface area contributed by atoms with Crippen molar-refractivity contribution < 1.29 is 0 Å². The number of aryl methyl sites for hydroxylation is 1. The van der Waals surface area contributed by atoms with Crippen LogP contribution < -0.4 is 5.73 Å². The van der Waals surface area contributed by atoms with Gasteiger partial charge in [-0.3, -0.25) is 0 Å². The highest BCUT2D eigenvalue weighted by molar-refractivity contribution is 9.10. The van der Waals surface area contributed by atoms with E-state index in [1.165, 1.54) is 0 Å². The molecule has 0 spiro atoms. The molecule has 1 aromatic carbocycles. The summed E-state index contributed by atoms with van der Waals surface area (Å²) in [4.78, 5) is 8.78. The molecule has 1 heterocycles. The van der Waals surface area contributed by atoms with Crippen LogP contribution in [0.1, 0.15) is 19.0 Å². The van der Waals surface area contributed by atoms with Crippen LogP contribution in [0, 0.1) is 0 Å². The number of anilines is 1. The zero-order chi connectivity index (χ0) is 14.0. The zero-order valence-electron chi connectivity index (χ0n) is 10.3. The van der Waals surface area contributed by atoms with Gasteiger partial charge < -0.3 is 5.73 Å². The predicted octanol–water partition coefficient (Wildman–Crippen LogP) is 4.75. The van der Waals surface area contributed by atoms with E-state index in [1.54, 1.807) is 18.2 Å². The molecule has 0 saturated carbocycles. The maximum Gasteiger partial charge on any atom is 0.163 e. The zero-order valence-corrected chi connectivity index (χ0v) is 13.3. The van der Waals surface area contributed by atoms with Gasteiger partial charge in [-0.15, -0.1) is 0 Å². The number of hydrogen-bond acceptors (Lipinski definition) is 3. The lowest BCUT2D eigenvalue weighted by Gasteiger charge is -2.09. The Morgan fingerprint density at radius 1 is 1.26 bits per heavy atom. The molecular formula is C13H12BrCl2N3. The van der Waals surface area contributed by atoms with Crippen LogP contribution in [-0.4, -0.2) is 9.97 Å². The maximum atomic E-state index is 6.16. The SMILES string of the molecule is CCCc1nc(-c2cc(Cl)ccc2Cl)nc(N)c1Br. The van der Waals surface area contributed by atoms with Crippen LogP contribution in [0.3, 0.4) is 0 Å². The minimum Gasteiger partial charge on any atom is -0.383 e. The molecule has 3 nitrogen and oxygen atoms in total. The van der Waals surface area contributed by atoms with Gasteiger partial charge in [-0.1, -0.05) is 36.5 Å². The average Bonchev–Trinajstić information content (AvgIpc) is 2.38. The summed E-state index contributed by atoms with van der Waals surface area (Å²) in [6, 6.07) is 5.19. The van der Waals surface area contributed by atoms with Crippen molar-refractivity contribution in [1.82, 2.24) is 9.97 Å². The Bertz CT molecular complexity index is 617. The fourth-order valence-electron chi connectivity index (χ4n) is 1.70. The number of nitrogens with zero attached hydrogens (tertiary/aromatic N) is 2. The van der Waals surface area contributed by atoms with Crippen molar-refractivity contribution in [2.24, 2.45) is 0 Å². The first kappa shape index (κ1) is 14.6. The molecule has 0 aliphatic rings. The Morgan fingerprint density at radius 2 is 2.00 bits per heavy atom. The van der Waals surface area contributed by atoms with Crippen LogP contribution in [0.25, 0.3) is 11.4 Å². The van der Waals surface area contributed by atoms with Crippen molar-refractivity contribution in [3.05, 3.63) is 38.4 Å². The van der Waals surface area contributed by atoms with Crippen molar-refractivity contribution in [3.63, 3.8) is 0 Å². The summed E-state index contributed by atoms with van der Waals surface area (Å²) >= 11 is 15.6. The maximum absolute atomic E-state index is 6.16. The van der Waals surface area contributed by atoms with Crippen molar-refractivity contribution in [2.45, 2.75) is 19.8 Å². The Kier molecular flexibility index (Phi) is 4.66. The van der Waals surface area contributed by atoms with Gasteiger partial charge in [-0.25, -0.2) is 9.97 Å².